The smallest absolute Gasteiger partial charge is 0.306 e. The predicted molar refractivity (Wildman–Crippen MR) is 66.5 cm³/mol. The molecule has 0 atom stereocenters. The number of hydrogen-bond acceptors (Lipinski definition) is 4. The summed E-state index contributed by atoms with van der Waals surface area (Å²) in [7, 11) is -3.32. The van der Waals surface area contributed by atoms with E-state index in [1.54, 1.807) is 6.92 Å². The maximum Gasteiger partial charge on any atom is 0.306 e. The molecule has 0 aliphatic carbocycles. The Labute approximate surface area is 104 Å². The number of rotatable bonds is 8. The molecule has 0 aliphatic heterocycles. The lowest BCUT2D eigenvalue weighted by Crippen LogP contribution is -2.28. The van der Waals surface area contributed by atoms with Gasteiger partial charge in [0.05, 0.1) is 18.8 Å². The number of alkyl halides is 1. The van der Waals surface area contributed by atoms with Gasteiger partial charge in [-0.2, -0.15) is 0 Å². The SMILES string of the molecule is CCOC(=O)CCS(=O)(=O)NCCCI. The Morgan fingerprint density at radius 2 is 2.13 bits per heavy atom. The number of ether oxygens (including phenoxy) is 1. The number of carbonyl (C=O) groups excluding carboxylic acids is 1. The molecule has 0 aromatic rings. The molecule has 0 aromatic heterocycles. The van der Waals surface area contributed by atoms with Crippen molar-refractivity contribution in [3.05, 3.63) is 0 Å². The molecule has 0 saturated heterocycles. The van der Waals surface area contributed by atoms with E-state index in [1.807, 2.05) is 0 Å². The molecule has 0 fully saturated rings. The van der Waals surface area contributed by atoms with Crippen LogP contribution in [0.2, 0.25) is 0 Å². The van der Waals surface area contributed by atoms with Gasteiger partial charge in [-0.15, -0.1) is 0 Å². The number of hydrogen-bond donors (Lipinski definition) is 1. The van der Waals surface area contributed by atoms with Gasteiger partial charge in [-0.3, -0.25) is 4.79 Å². The average Bonchev–Trinajstić information content (AvgIpc) is 2.16. The molecule has 0 amide bonds. The third kappa shape index (κ3) is 9.06. The third-order valence-corrected chi connectivity index (χ3v) is 3.66. The fraction of sp³-hybridized carbons (Fsp3) is 0.875. The van der Waals surface area contributed by atoms with Crippen molar-refractivity contribution in [2.45, 2.75) is 19.8 Å². The fourth-order valence-corrected chi connectivity index (χ4v) is 2.23. The Hall–Kier alpha value is 0.110. The molecule has 0 aromatic carbocycles. The van der Waals surface area contributed by atoms with Crippen LogP contribution in [0.15, 0.2) is 0 Å². The van der Waals surface area contributed by atoms with Crippen LogP contribution in [0.3, 0.4) is 0 Å². The van der Waals surface area contributed by atoms with Gasteiger partial charge in [0, 0.05) is 11.0 Å². The molecule has 0 saturated carbocycles. The van der Waals surface area contributed by atoms with E-state index in [4.69, 9.17) is 0 Å². The van der Waals surface area contributed by atoms with Gasteiger partial charge in [0.2, 0.25) is 10.0 Å². The molecule has 0 bridgehead atoms. The number of esters is 1. The van der Waals surface area contributed by atoms with Crippen LogP contribution in [0.5, 0.6) is 0 Å². The molecule has 0 aliphatic rings. The molecule has 0 spiro atoms. The standard InChI is InChI=1S/C8H16INO4S/c1-2-14-8(11)4-7-15(12,13)10-6-3-5-9/h10H,2-7H2,1H3. The minimum absolute atomic E-state index is 0.0899. The van der Waals surface area contributed by atoms with E-state index < -0.39 is 16.0 Å². The van der Waals surface area contributed by atoms with Crippen molar-refractivity contribution in [2.75, 3.05) is 23.3 Å². The summed E-state index contributed by atoms with van der Waals surface area (Å²) in [5.41, 5.74) is 0. The van der Waals surface area contributed by atoms with Gasteiger partial charge in [0.15, 0.2) is 0 Å². The van der Waals surface area contributed by atoms with Crippen molar-refractivity contribution in [2.24, 2.45) is 0 Å². The summed E-state index contributed by atoms with van der Waals surface area (Å²) in [6.07, 6.45) is 0.701. The van der Waals surface area contributed by atoms with Gasteiger partial charge in [-0.1, -0.05) is 22.6 Å². The molecule has 0 rings (SSSR count). The Morgan fingerprint density at radius 1 is 1.47 bits per heavy atom. The molecule has 15 heavy (non-hydrogen) atoms. The topological polar surface area (TPSA) is 72.5 Å². The Balaban J connectivity index is 3.78. The van der Waals surface area contributed by atoms with Crippen LogP contribution in [0.1, 0.15) is 19.8 Å². The number of halogens is 1. The van der Waals surface area contributed by atoms with Crippen molar-refractivity contribution in [3.63, 3.8) is 0 Å². The van der Waals surface area contributed by atoms with Crippen LogP contribution >= 0.6 is 22.6 Å². The molecule has 0 unspecified atom stereocenters. The summed E-state index contributed by atoms with van der Waals surface area (Å²) in [4.78, 5) is 10.9. The van der Waals surface area contributed by atoms with Gasteiger partial charge < -0.3 is 4.74 Å². The molecule has 0 radical (unpaired) electrons. The highest BCUT2D eigenvalue weighted by atomic mass is 127. The van der Waals surface area contributed by atoms with E-state index in [9.17, 15) is 13.2 Å². The monoisotopic (exact) mass is 349 g/mol. The zero-order chi connectivity index (χ0) is 11.7. The van der Waals surface area contributed by atoms with E-state index >= 15 is 0 Å². The maximum absolute atomic E-state index is 11.3. The lowest BCUT2D eigenvalue weighted by atomic mass is 10.5. The van der Waals surface area contributed by atoms with Crippen molar-refractivity contribution in [1.82, 2.24) is 4.72 Å². The first-order valence-electron chi connectivity index (χ1n) is 4.70. The van der Waals surface area contributed by atoms with E-state index in [-0.39, 0.29) is 18.8 Å². The van der Waals surface area contributed by atoms with Gasteiger partial charge in [0.25, 0.3) is 0 Å². The Kier molecular flexibility index (Phi) is 8.34. The minimum atomic E-state index is -3.32. The lowest BCUT2D eigenvalue weighted by Gasteiger charge is -2.05. The molecule has 0 heterocycles. The van der Waals surface area contributed by atoms with Crippen molar-refractivity contribution in [3.8, 4) is 0 Å². The minimum Gasteiger partial charge on any atom is -0.466 e. The van der Waals surface area contributed by atoms with E-state index in [0.29, 0.717) is 6.54 Å². The second-order valence-electron chi connectivity index (χ2n) is 2.81. The summed E-state index contributed by atoms with van der Waals surface area (Å²) in [5, 5.41) is 0. The largest absolute Gasteiger partial charge is 0.466 e. The highest BCUT2D eigenvalue weighted by Crippen LogP contribution is 1.94. The molecule has 90 valence electrons. The summed E-state index contributed by atoms with van der Waals surface area (Å²) in [6.45, 7) is 2.39. The Bertz CT molecular complexity index is 278. The van der Waals surface area contributed by atoms with Gasteiger partial charge in [-0.05, 0) is 13.3 Å². The van der Waals surface area contributed by atoms with Crippen molar-refractivity contribution < 1.29 is 17.9 Å². The summed E-state index contributed by atoms with van der Waals surface area (Å²) >= 11 is 2.17. The number of nitrogens with one attached hydrogen (secondary N) is 1. The Morgan fingerprint density at radius 3 is 2.67 bits per heavy atom. The average molecular weight is 349 g/mol. The quantitative estimate of drug-likeness (QED) is 0.303. The van der Waals surface area contributed by atoms with E-state index in [0.717, 1.165) is 10.8 Å². The zero-order valence-electron chi connectivity index (χ0n) is 8.66. The van der Waals surface area contributed by atoms with Crippen LogP contribution in [-0.4, -0.2) is 37.7 Å². The normalized spacial score (nSPS) is 11.3. The van der Waals surface area contributed by atoms with Crippen molar-refractivity contribution in [1.29, 1.82) is 0 Å². The summed E-state index contributed by atoms with van der Waals surface area (Å²) in [5.74, 6) is -0.677. The zero-order valence-corrected chi connectivity index (χ0v) is 11.6. The van der Waals surface area contributed by atoms with Crippen LogP contribution in [0.4, 0.5) is 0 Å². The van der Waals surface area contributed by atoms with Gasteiger partial charge in [-0.25, -0.2) is 13.1 Å². The second kappa shape index (κ2) is 8.28. The predicted octanol–water partition coefficient (Wildman–Crippen LogP) is 0.684. The van der Waals surface area contributed by atoms with Crippen LogP contribution in [-0.2, 0) is 19.6 Å². The first-order chi connectivity index (χ1) is 7.02. The number of sulfonamides is 1. The molecule has 7 heteroatoms. The van der Waals surface area contributed by atoms with Gasteiger partial charge in [0.1, 0.15) is 0 Å². The van der Waals surface area contributed by atoms with Crippen LogP contribution in [0.25, 0.3) is 0 Å². The molecule has 1 N–H and O–H groups in total. The van der Waals surface area contributed by atoms with E-state index in [2.05, 4.69) is 32.0 Å². The first-order valence-corrected chi connectivity index (χ1v) is 7.88. The van der Waals surface area contributed by atoms with Crippen LogP contribution < -0.4 is 4.72 Å². The highest BCUT2D eigenvalue weighted by molar-refractivity contribution is 14.1. The molecule has 5 nitrogen and oxygen atoms in total. The van der Waals surface area contributed by atoms with Crippen molar-refractivity contribution >= 4 is 38.6 Å². The third-order valence-electron chi connectivity index (χ3n) is 1.51. The number of carbonyl (C=O) groups is 1. The highest BCUT2D eigenvalue weighted by Gasteiger charge is 2.12. The van der Waals surface area contributed by atoms with Gasteiger partial charge >= 0.3 is 5.97 Å². The molecular weight excluding hydrogens is 333 g/mol. The maximum atomic E-state index is 11.3. The molecular formula is C8H16INO4S. The summed E-state index contributed by atoms with van der Waals surface area (Å²) in [6, 6.07) is 0. The van der Waals surface area contributed by atoms with E-state index in [1.165, 1.54) is 0 Å². The van der Waals surface area contributed by atoms with Crippen LogP contribution in [0, 0.1) is 0 Å². The summed E-state index contributed by atoms with van der Waals surface area (Å²) < 4.78 is 30.5. The fourth-order valence-electron chi connectivity index (χ4n) is 0.818. The lowest BCUT2D eigenvalue weighted by molar-refractivity contribution is -0.142. The second-order valence-corrected chi connectivity index (χ2v) is 5.82. The first kappa shape index (κ1) is 15.1.